The summed E-state index contributed by atoms with van der Waals surface area (Å²) < 4.78 is 0. The zero-order chi connectivity index (χ0) is 5.11. The van der Waals surface area contributed by atoms with Crippen molar-refractivity contribution in [3.8, 4) is 0 Å². The SMILES string of the molecule is S.[CH2-]c1ccccc1.[Na+]. The van der Waals surface area contributed by atoms with E-state index >= 15 is 0 Å². The van der Waals surface area contributed by atoms with E-state index < -0.39 is 0 Å². The number of benzene rings is 1. The average Bonchev–Trinajstić information content (AvgIpc) is 1.69. The van der Waals surface area contributed by atoms with Crippen molar-refractivity contribution in [3.63, 3.8) is 0 Å². The Balaban J connectivity index is 0. The molecule has 1 rings (SSSR count). The van der Waals surface area contributed by atoms with Gasteiger partial charge in [-0.25, -0.2) is 0 Å². The van der Waals surface area contributed by atoms with Gasteiger partial charge >= 0.3 is 29.6 Å². The van der Waals surface area contributed by atoms with Crippen LogP contribution in [0.15, 0.2) is 30.3 Å². The van der Waals surface area contributed by atoms with E-state index in [0.29, 0.717) is 0 Å². The zero-order valence-corrected chi connectivity index (χ0v) is 8.59. The summed E-state index contributed by atoms with van der Waals surface area (Å²) in [5.41, 5.74) is 1.07. The fourth-order valence-electron chi connectivity index (χ4n) is 0.478. The molecule has 0 amide bonds. The van der Waals surface area contributed by atoms with Gasteiger partial charge in [-0.1, -0.05) is 6.07 Å². The molecule has 44 valence electrons. The van der Waals surface area contributed by atoms with Crippen molar-refractivity contribution in [1.82, 2.24) is 0 Å². The van der Waals surface area contributed by atoms with Crippen LogP contribution >= 0.6 is 13.5 Å². The molecule has 0 heterocycles. The van der Waals surface area contributed by atoms with Gasteiger partial charge in [0.05, 0.1) is 0 Å². The predicted octanol–water partition coefficient (Wildman–Crippen LogP) is -1.01. The van der Waals surface area contributed by atoms with Crippen LogP contribution in [0.1, 0.15) is 5.56 Å². The zero-order valence-electron chi connectivity index (χ0n) is 5.59. The smallest absolute Gasteiger partial charge is 0.199 e. The molecule has 0 fully saturated rings. The molecule has 1 aromatic rings. The van der Waals surface area contributed by atoms with Gasteiger partial charge in [-0.15, -0.1) is 12.1 Å². The minimum Gasteiger partial charge on any atom is -0.199 e. The summed E-state index contributed by atoms with van der Waals surface area (Å²) in [5, 5.41) is 0. The van der Waals surface area contributed by atoms with E-state index in [1.165, 1.54) is 0 Å². The molecule has 0 aromatic heterocycles. The molecular formula is C7H9NaS. The monoisotopic (exact) mass is 148 g/mol. The summed E-state index contributed by atoms with van der Waals surface area (Å²) in [5.74, 6) is 0. The van der Waals surface area contributed by atoms with Crippen molar-refractivity contribution in [1.29, 1.82) is 0 Å². The van der Waals surface area contributed by atoms with Gasteiger partial charge in [0, 0.05) is 0 Å². The molecule has 0 aliphatic carbocycles. The Morgan fingerprint density at radius 3 is 1.67 bits per heavy atom. The molecule has 2 heteroatoms. The second-order valence-electron chi connectivity index (χ2n) is 1.49. The first kappa shape index (κ1) is 12.1. The van der Waals surface area contributed by atoms with Crippen molar-refractivity contribution >= 4 is 13.5 Å². The van der Waals surface area contributed by atoms with Crippen molar-refractivity contribution in [3.05, 3.63) is 42.8 Å². The van der Waals surface area contributed by atoms with Gasteiger partial charge < -0.3 is 0 Å². The minimum atomic E-state index is 0. The van der Waals surface area contributed by atoms with E-state index in [4.69, 9.17) is 0 Å². The summed E-state index contributed by atoms with van der Waals surface area (Å²) in [6.45, 7) is 3.72. The maximum absolute atomic E-state index is 3.72. The van der Waals surface area contributed by atoms with Crippen molar-refractivity contribution in [2.45, 2.75) is 0 Å². The molecule has 0 unspecified atom stereocenters. The second-order valence-corrected chi connectivity index (χ2v) is 1.49. The predicted molar refractivity (Wildman–Crippen MR) is 41.3 cm³/mol. The van der Waals surface area contributed by atoms with E-state index in [0.717, 1.165) is 5.56 Å². The van der Waals surface area contributed by atoms with Crippen LogP contribution in [-0.4, -0.2) is 0 Å². The van der Waals surface area contributed by atoms with Gasteiger partial charge in [0.15, 0.2) is 0 Å². The standard InChI is InChI=1S/C7H7.Na.H2S/c1-7-5-3-2-4-6-7;;/h2-6H,1H2;;1H2/q-1;+1;. The van der Waals surface area contributed by atoms with E-state index in [-0.39, 0.29) is 43.1 Å². The third-order valence-electron chi connectivity index (χ3n) is 0.843. The molecule has 0 nitrogen and oxygen atoms in total. The van der Waals surface area contributed by atoms with Gasteiger partial charge in [-0.2, -0.15) is 38.1 Å². The van der Waals surface area contributed by atoms with Crippen LogP contribution in [0, 0.1) is 6.92 Å². The number of hydrogen-bond donors (Lipinski definition) is 0. The molecular weight excluding hydrogens is 139 g/mol. The Bertz CT molecular complexity index is 139. The largest absolute Gasteiger partial charge is 1.00 e. The first-order chi connectivity index (χ1) is 3.39. The molecule has 0 radical (unpaired) electrons. The van der Waals surface area contributed by atoms with Crippen LogP contribution < -0.4 is 29.6 Å². The summed E-state index contributed by atoms with van der Waals surface area (Å²) in [6, 6.07) is 9.87. The molecule has 1 aromatic carbocycles. The summed E-state index contributed by atoms with van der Waals surface area (Å²) in [6.07, 6.45) is 0. The fourth-order valence-corrected chi connectivity index (χ4v) is 0.478. The Morgan fingerprint density at radius 1 is 1.00 bits per heavy atom. The molecule has 0 aliphatic rings. The summed E-state index contributed by atoms with van der Waals surface area (Å²) in [7, 11) is 0. The maximum atomic E-state index is 3.72. The molecule has 0 bridgehead atoms. The normalized spacial score (nSPS) is 6.67. The van der Waals surface area contributed by atoms with Crippen LogP contribution in [0.5, 0.6) is 0 Å². The topological polar surface area (TPSA) is 0 Å². The molecule has 0 saturated carbocycles. The van der Waals surface area contributed by atoms with Gasteiger partial charge in [0.25, 0.3) is 0 Å². The molecule has 0 aliphatic heterocycles. The van der Waals surface area contributed by atoms with Gasteiger partial charge in [0.1, 0.15) is 0 Å². The minimum absolute atomic E-state index is 0. The second kappa shape index (κ2) is 6.56. The first-order valence-corrected chi connectivity index (χ1v) is 2.26. The van der Waals surface area contributed by atoms with Gasteiger partial charge in [0.2, 0.25) is 0 Å². The first-order valence-electron chi connectivity index (χ1n) is 2.26. The van der Waals surface area contributed by atoms with Crippen LogP contribution in [0.25, 0.3) is 0 Å². The summed E-state index contributed by atoms with van der Waals surface area (Å²) in [4.78, 5) is 0. The number of hydrogen-bond acceptors (Lipinski definition) is 0. The van der Waals surface area contributed by atoms with Crippen LogP contribution in [0.4, 0.5) is 0 Å². The Hall–Kier alpha value is 0.440. The average molecular weight is 148 g/mol. The van der Waals surface area contributed by atoms with Gasteiger partial charge in [-0.05, 0) is 0 Å². The van der Waals surface area contributed by atoms with Crippen LogP contribution in [0.3, 0.4) is 0 Å². The molecule has 0 atom stereocenters. The summed E-state index contributed by atoms with van der Waals surface area (Å²) >= 11 is 0. The third-order valence-corrected chi connectivity index (χ3v) is 0.843. The van der Waals surface area contributed by atoms with E-state index in [2.05, 4.69) is 6.92 Å². The maximum Gasteiger partial charge on any atom is 1.00 e. The molecule has 9 heavy (non-hydrogen) atoms. The Labute approximate surface area is 85.4 Å². The van der Waals surface area contributed by atoms with Crippen molar-refractivity contribution < 1.29 is 29.6 Å². The quantitative estimate of drug-likeness (QED) is 0.326. The van der Waals surface area contributed by atoms with Crippen LogP contribution in [-0.2, 0) is 0 Å². The number of rotatable bonds is 0. The Morgan fingerprint density at radius 2 is 1.44 bits per heavy atom. The molecule has 0 saturated heterocycles. The fraction of sp³-hybridized carbons (Fsp3) is 0. The van der Waals surface area contributed by atoms with E-state index in [1.807, 2.05) is 30.3 Å². The van der Waals surface area contributed by atoms with Crippen LogP contribution in [0.2, 0.25) is 0 Å². The Kier molecular flexibility index (Phi) is 8.85. The molecule has 0 spiro atoms. The van der Waals surface area contributed by atoms with Gasteiger partial charge in [-0.3, -0.25) is 0 Å². The molecule has 0 N–H and O–H groups in total. The van der Waals surface area contributed by atoms with E-state index in [1.54, 1.807) is 0 Å². The van der Waals surface area contributed by atoms with E-state index in [9.17, 15) is 0 Å². The van der Waals surface area contributed by atoms with Crippen molar-refractivity contribution in [2.75, 3.05) is 0 Å². The van der Waals surface area contributed by atoms with Crippen molar-refractivity contribution in [2.24, 2.45) is 0 Å². The third kappa shape index (κ3) is 4.91.